The molecule has 2 aromatic carbocycles. The van der Waals surface area contributed by atoms with Crippen molar-refractivity contribution >= 4 is 70.5 Å². The minimum atomic E-state index is 0. The van der Waals surface area contributed by atoms with Crippen LogP contribution in [0.25, 0.3) is 0 Å². The summed E-state index contributed by atoms with van der Waals surface area (Å²) in [6.45, 7) is 0. The van der Waals surface area contributed by atoms with E-state index in [2.05, 4.69) is 53.8 Å². The summed E-state index contributed by atoms with van der Waals surface area (Å²) in [6.07, 6.45) is 1.04. The Bertz CT molecular complexity index is 395. The molecule has 0 atom stereocenters. The Morgan fingerprint density at radius 2 is 1.12 bits per heavy atom. The molecule has 0 unspecified atom stereocenters. The molecule has 16 heavy (non-hydrogen) atoms. The molecule has 2 aromatic rings. The molecule has 0 radical (unpaired) electrons. The quantitative estimate of drug-likeness (QED) is 0.582. The van der Waals surface area contributed by atoms with Crippen LogP contribution in [-0.4, -0.2) is 59.1 Å². The van der Waals surface area contributed by atoms with Crippen molar-refractivity contribution in [1.82, 2.24) is 0 Å². The van der Waals surface area contributed by atoms with Gasteiger partial charge in [0.25, 0.3) is 0 Å². The Labute approximate surface area is 140 Å². The fourth-order valence-electron chi connectivity index (χ4n) is 1.94. The van der Waals surface area contributed by atoms with E-state index in [0.717, 1.165) is 6.42 Å². The average Bonchev–Trinajstić information content (AvgIpc) is 2.26. The fourth-order valence-corrected chi connectivity index (χ4v) is 1.94. The zero-order valence-electron chi connectivity index (χ0n) is 7.83. The Morgan fingerprint density at radius 1 is 0.688 bits per heavy atom. The van der Waals surface area contributed by atoms with Crippen LogP contribution >= 0.6 is 0 Å². The van der Waals surface area contributed by atoms with Gasteiger partial charge in [-0.15, -0.1) is 0 Å². The number of rotatable bonds is 0. The molecule has 3 heteroatoms. The molecular formula is C13H13NNa2. The minimum Gasteiger partial charge on any atom is -0.355 e. The van der Waals surface area contributed by atoms with Crippen molar-refractivity contribution in [2.45, 2.75) is 6.42 Å². The minimum absolute atomic E-state index is 0. The van der Waals surface area contributed by atoms with Crippen molar-refractivity contribution in [2.24, 2.45) is 0 Å². The van der Waals surface area contributed by atoms with Crippen LogP contribution in [0.4, 0.5) is 11.4 Å². The molecule has 1 heterocycles. The number of hydrogen-bond donors (Lipinski definition) is 1. The van der Waals surface area contributed by atoms with Gasteiger partial charge in [-0.25, -0.2) is 0 Å². The van der Waals surface area contributed by atoms with Gasteiger partial charge in [-0.1, -0.05) is 36.4 Å². The molecule has 3 rings (SSSR count). The van der Waals surface area contributed by atoms with Crippen LogP contribution in [0.5, 0.6) is 0 Å². The standard InChI is InChI=1S/C13H11N.2Na.2H/c1-3-7-12-10(5-1)9-11-6-2-4-8-13(11)14-12;;;;/h1-8,14H,9H2;;;;. The number of para-hydroxylation sites is 2. The predicted molar refractivity (Wildman–Crippen MR) is 73.3 cm³/mol. The van der Waals surface area contributed by atoms with Gasteiger partial charge in [0.2, 0.25) is 0 Å². The molecule has 0 bridgehead atoms. The van der Waals surface area contributed by atoms with Crippen molar-refractivity contribution < 1.29 is 0 Å². The second kappa shape index (κ2) is 6.25. The molecule has 1 aliphatic heterocycles. The summed E-state index contributed by atoms with van der Waals surface area (Å²) < 4.78 is 0. The summed E-state index contributed by atoms with van der Waals surface area (Å²) in [5, 5.41) is 3.44. The van der Waals surface area contributed by atoms with Crippen LogP contribution in [0.1, 0.15) is 11.1 Å². The number of anilines is 2. The maximum Gasteiger partial charge on any atom is 0.0420 e. The monoisotopic (exact) mass is 229 g/mol. The van der Waals surface area contributed by atoms with E-state index in [1.807, 2.05) is 0 Å². The normalized spacial score (nSPS) is 11.0. The van der Waals surface area contributed by atoms with E-state index in [1.54, 1.807) is 0 Å². The zero-order chi connectivity index (χ0) is 9.38. The Kier molecular flexibility index (Phi) is 5.58. The van der Waals surface area contributed by atoms with Crippen molar-refractivity contribution in [3.63, 3.8) is 0 Å². The second-order valence-electron chi connectivity index (χ2n) is 3.62. The molecule has 0 spiro atoms. The van der Waals surface area contributed by atoms with Gasteiger partial charge in [0.05, 0.1) is 0 Å². The third-order valence-corrected chi connectivity index (χ3v) is 2.68. The molecule has 0 amide bonds. The van der Waals surface area contributed by atoms with Crippen LogP contribution < -0.4 is 5.32 Å². The van der Waals surface area contributed by atoms with Gasteiger partial charge in [0.1, 0.15) is 0 Å². The summed E-state index contributed by atoms with van der Waals surface area (Å²) in [6, 6.07) is 16.9. The van der Waals surface area contributed by atoms with E-state index in [0.29, 0.717) is 0 Å². The first-order chi connectivity index (χ1) is 6.93. The second-order valence-corrected chi connectivity index (χ2v) is 3.62. The molecule has 0 saturated heterocycles. The molecule has 1 nitrogen and oxygen atoms in total. The fraction of sp³-hybridized carbons (Fsp3) is 0.0769. The largest absolute Gasteiger partial charge is 0.355 e. The summed E-state index contributed by atoms with van der Waals surface area (Å²) >= 11 is 0. The van der Waals surface area contributed by atoms with Gasteiger partial charge in [0.15, 0.2) is 0 Å². The maximum absolute atomic E-state index is 3.44. The van der Waals surface area contributed by atoms with Crippen LogP contribution in [0.2, 0.25) is 0 Å². The number of hydrogen-bond acceptors (Lipinski definition) is 1. The van der Waals surface area contributed by atoms with E-state index in [9.17, 15) is 0 Å². The van der Waals surface area contributed by atoms with Gasteiger partial charge in [-0.2, -0.15) is 0 Å². The van der Waals surface area contributed by atoms with Crippen molar-refractivity contribution in [1.29, 1.82) is 0 Å². The smallest absolute Gasteiger partial charge is 0.0420 e. The van der Waals surface area contributed by atoms with Crippen molar-refractivity contribution in [3.8, 4) is 0 Å². The summed E-state index contributed by atoms with van der Waals surface area (Å²) in [4.78, 5) is 0. The van der Waals surface area contributed by atoms with Gasteiger partial charge in [-0.3, -0.25) is 0 Å². The molecular weight excluding hydrogens is 216 g/mol. The molecule has 1 N–H and O–H groups in total. The van der Waals surface area contributed by atoms with Crippen LogP contribution in [0, 0.1) is 0 Å². The molecule has 0 aliphatic carbocycles. The SMILES string of the molecule is [NaH].[NaH].c1ccc2c(c1)Cc1ccccc1N2. The zero-order valence-corrected chi connectivity index (χ0v) is 7.83. The first kappa shape index (κ1) is 14.3. The summed E-state index contributed by atoms with van der Waals surface area (Å²) in [5.74, 6) is 0. The molecule has 0 saturated carbocycles. The Hall–Kier alpha value is 0.240. The van der Waals surface area contributed by atoms with Crippen LogP contribution in [0.15, 0.2) is 48.5 Å². The molecule has 0 aromatic heterocycles. The predicted octanol–water partition coefficient (Wildman–Crippen LogP) is 2.04. The first-order valence-electron chi connectivity index (χ1n) is 4.86. The number of fused-ring (bicyclic) bond motifs is 2. The molecule has 1 aliphatic rings. The summed E-state index contributed by atoms with van der Waals surface area (Å²) in [5.41, 5.74) is 5.25. The van der Waals surface area contributed by atoms with E-state index in [4.69, 9.17) is 0 Å². The van der Waals surface area contributed by atoms with Crippen LogP contribution in [0.3, 0.4) is 0 Å². The molecule has 72 valence electrons. The topological polar surface area (TPSA) is 12.0 Å². The number of benzene rings is 2. The Morgan fingerprint density at radius 3 is 1.62 bits per heavy atom. The van der Waals surface area contributed by atoms with E-state index < -0.39 is 0 Å². The number of nitrogens with one attached hydrogen (secondary N) is 1. The van der Waals surface area contributed by atoms with Gasteiger partial charge >= 0.3 is 59.1 Å². The average molecular weight is 229 g/mol. The Balaban J connectivity index is 0.000000640. The van der Waals surface area contributed by atoms with E-state index in [-0.39, 0.29) is 59.1 Å². The van der Waals surface area contributed by atoms with Gasteiger partial charge in [0, 0.05) is 17.8 Å². The third-order valence-electron chi connectivity index (χ3n) is 2.68. The first-order valence-corrected chi connectivity index (χ1v) is 4.86. The van der Waals surface area contributed by atoms with Crippen molar-refractivity contribution in [3.05, 3.63) is 59.7 Å². The van der Waals surface area contributed by atoms with Crippen LogP contribution in [-0.2, 0) is 6.42 Å². The summed E-state index contributed by atoms with van der Waals surface area (Å²) in [7, 11) is 0. The van der Waals surface area contributed by atoms with E-state index in [1.165, 1.54) is 22.5 Å². The molecule has 0 fully saturated rings. The van der Waals surface area contributed by atoms with Crippen molar-refractivity contribution in [2.75, 3.05) is 5.32 Å². The van der Waals surface area contributed by atoms with Gasteiger partial charge < -0.3 is 5.32 Å². The third kappa shape index (κ3) is 2.73. The van der Waals surface area contributed by atoms with Gasteiger partial charge in [-0.05, 0) is 23.3 Å². The maximum atomic E-state index is 3.44. The van der Waals surface area contributed by atoms with E-state index >= 15 is 0 Å².